The molecule has 2 rings (SSSR count). The largest absolute Gasteiger partial charge is 0.480 e. The minimum atomic E-state index is -1.07. The molecular weight excluding hydrogens is 336 g/mol. The van der Waals surface area contributed by atoms with E-state index in [0.29, 0.717) is 5.69 Å². The average Bonchev–Trinajstić information content (AvgIpc) is 2.89. The van der Waals surface area contributed by atoms with Gasteiger partial charge in [-0.15, -0.1) is 0 Å². The second-order valence-electron chi connectivity index (χ2n) is 7.76. The van der Waals surface area contributed by atoms with Gasteiger partial charge in [0.05, 0.1) is 0 Å². The van der Waals surface area contributed by atoms with Gasteiger partial charge in [-0.25, -0.2) is 9.59 Å². The maximum Gasteiger partial charge on any atom is 0.408 e. The number of carbonyl (C=O) groups is 3. The molecule has 1 aliphatic heterocycles. The number of carbonyl (C=O) groups excluding carboxylic acids is 2. The number of carboxylic acids is 1. The molecule has 2 amide bonds. The third kappa shape index (κ3) is 4.33. The maximum absolute atomic E-state index is 13.2. The lowest BCUT2D eigenvalue weighted by Gasteiger charge is -2.30. The molecular formula is C19H26N2O5. The van der Waals surface area contributed by atoms with Gasteiger partial charge in [-0.05, 0) is 38.3 Å². The number of fused-ring (bicyclic) bond motifs is 1. The lowest BCUT2D eigenvalue weighted by atomic mass is 10.0. The lowest BCUT2D eigenvalue weighted by molar-refractivity contribution is -0.140. The quantitative estimate of drug-likeness (QED) is 0.858. The Morgan fingerprint density at radius 3 is 2.38 bits per heavy atom. The van der Waals surface area contributed by atoms with Crippen molar-refractivity contribution < 1.29 is 24.2 Å². The molecule has 142 valence electrons. The number of carboxylic acid groups (broad SMARTS) is 1. The second kappa shape index (κ2) is 7.35. The zero-order valence-electron chi connectivity index (χ0n) is 15.8. The highest BCUT2D eigenvalue weighted by molar-refractivity contribution is 6.05. The number of aliphatic carboxylic acids is 1. The van der Waals surface area contributed by atoms with E-state index in [-0.39, 0.29) is 12.3 Å². The van der Waals surface area contributed by atoms with Crippen molar-refractivity contribution in [2.24, 2.45) is 5.92 Å². The van der Waals surface area contributed by atoms with Crippen LogP contribution < -0.4 is 10.2 Å². The standard InChI is InChI=1S/C19H26N2O5/c1-11(2)15(20-18(25)26-19(3,4)5)16(22)21-13-9-7-6-8-12(13)10-14(21)17(23)24/h6-9,11,14-15H,10H2,1-5H3,(H,20,25)(H,23,24). The predicted octanol–water partition coefficient (Wildman–Crippen LogP) is 2.58. The Kier molecular flexibility index (Phi) is 5.59. The molecule has 0 bridgehead atoms. The average molecular weight is 362 g/mol. The van der Waals surface area contributed by atoms with Gasteiger partial charge in [-0.3, -0.25) is 9.69 Å². The number of ether oxygens (including phenoxy) is 1. The number of nitrogens with zero attached hydrogens (tertiary/aromatic N) is 1. The summed E-state index contributed by atoms with van der Waals surface area (Å²) in [6.07, 6.45) is -0.460. The molecule has 0 aromatic heterocycles. The summed E-state index contributed by atoms with van der Waals surface area (Å²) in [6, 6.07) is 5.23. The number of anilines is 1. The minimum Gasteiger partial charge on any atom is -0.480 e. The fourth-order valence-corrected chi connectivity index (χ4v) is 2.95. The van der Waals surface area contributed by atoms with Crippen molar-refractivity contribution in [3.8, 4) is 0 Å². The summed E-state index contributed by atoms with van der Waals surface area (Å²) < 4.78 is 5.24. The van der Waals surface area contributed by atoms with Crippen LogP contribution in [0, 0.1) is 5.92 Å². The Hall–Kier alpha value is -2.57. The highest BCUT2D eigenvalue weighted by Crippen LogP contribution is 2.33. The first kappa shape index (κ1) is 19.8. The molecule has 0 radical (unpaired) electrons. The van der Waals surface area contributed by atoms with Crippen molar-refractivity contribution in [2.45, 2.75) is 58.7 Å². The van der Waals surface area contributed by atoms with E-state index in [2.05, 4.69) is 5.32 Å². The van der Waals surface area contributed by atoms with Gasteiger partial charge < -0.3 is 15.2 Å². The first-order valence-electron chi connectivity index (χ1n) is 8.64. The van der Waals surface area contributed by atoms with Crippen LogP contribution in [0.4, 0.5) is 10.5 Å². The third-order valence-electron chi connectivity index (χ3n) is 4.10. The van der Waals surface area contributed by atoms with Gasteiger partial charge in [-0.2, -0.15) is 0 Å². The molecule has 0 saturated heterocycles. The Balaban J connectivity index is 2.29. The molecule has 0 aliphatic carbocycles. The van der Waals surface area contributed by atoms with Crippen LogP contribution in [-0.4, -0.2) is 40.8 Å². The van der Waals surface area contributed by atoms with Crippen molar-refractivity contribution in [3.63, 3.8) is 0 Å². The van der Waals surface area contributed by atoms with E-state index < -0.39 is 35.7 Å². The summed E-state index contributed by atoms with van der Waals surface area (Å²) in [6.45, 7) is 8.78. The fraction of sp³-hybridized carbons (Fsp3) is 0.526. The lowest BCUT2D eigenvalue weighted by Crippen LogP contribution is -2.55. The number of para-hydroxylation sites is 1. The van der Waals surface area contributed by atoms with Gasteiger partial charge in [0.2, 0.25) is 0 Å². The summed E-state index contributed by atoms with van der Waals surface area (Å²) >= 11 is 0. The van der Waals surface area contributed by atoms with Crippen LogP contribution in [-0.2, 0) is 20.7 Å². The number of nitrogens with one attached hydrogen (secondary N) is 1. The van der Waals surface area contributed by atoms with Crippen LogP contribution in [0.3, 0.4) is 0 Å². The molecule has 1 aliphatic rings. The van der Waals surface area contributed by atoms with Crippen LogP contribution in [0.1, 0.15) is 40.2 Å². The molecule has 2 atom stereocenters. The third-order valence-corrected chi connectivity index (χ3v) is 4.10. The SMILES string of the molecule is CC(C)C(NC(=O)OC(C)(C)C)C(=O)N1c2ccccc2CC1C(=O)O. The molecule has 0 spiro atoms. The van der Waals surface area contributed by atoms with Crippen molar-refractivity contribution in [1.82, 2.24) is 5.32 Å². The van der Waals surface area contributed by atoms with Crippen molar-refractivity contribution in [2.75, 3.05) is 4.90 Å². The number of benzene rings is 1. The van der Waals surface area contributed by atoms with Crippen molar-refractivity contribution >= 4 is 23.7 Å². The van der Waals surface area contributed by atoms with E-state index in [4.69, 9.17) is 4.74 Å². The number of hydrogen-bond acceptors (Lipinski definition) is 4. The first-order chi connectivity index (χ1) is 12.0. The summed E-state index contributed by atoms with van der Waals surface area (Å²) in [4.78, 5) is 38.3. The number of alkyl carbamates (subject to hydrolysis) is 1. The Labute approximate surface area is 153 Å². The van der Waals surface area contributed by atoms with Gasteiger partial charge >= 0.3 is 12.1 Å². The van der Waals surface area contributed by atoms with Crippen LogP contribution in [0.2, 0.25) is 0 Å². The van der Waals surface area contributed by atoms with Gasteiger partial charge in [0.15, 0.2) is 0 Å². The highest BCUT2D eigenvalue weighted by Gasteiger charge is 2.42. The van der Waals surface area contributed by atoms with Crippen LogP contribution in [0.15, 0.2) is 24.3 Å². The number of rotatable bonds is 4. The zero-order chi connectivity index (χ0) is 19.6. The Morgan fingerprint density at radius 2 is 1.85 bits per heavy atom. The summed E-state index contributed by atoms with van der Waals surface area (Å²) in [5, 5.41) is 12.1. The molecule has 0 fully saturated rings. The van der Waals surface area contributed by atoms with Crippen LogP contribution in [0.5, 0.6) is 0 Å². The minimum absolute atomic E-state index is 0.239. The predicted molar refractivity (Wildman–Crippen MR) is 97.1 cm³/mol. The van der Waals surface area contributed by atoms with Crippen molar-refractivity contribution in [3.05, 3.63) is 29.8 Å². The molecule has 7 nitrogen and oxygen atoms in total. The van der Waals surface area contributed by atoms with Gasteiger partial charge in [-0.1, -0.05) is 32.0 Å². The van der Waals surface area contributed by atoms with Gasteiger partial charge in [0, 0.05) is 12.1 Å². The molecule has 1 aromatic carbocycles. The fourth-order valence-electron chi connectivity index (χ4n) is 2.95. The summed E-state index contributed by atoms with van der Waals surface area (Å²) in [5.41, 5.74) is 0.674. The van der Waals surface area contributed by atoms with E-state index in [1.165, 1.54) is 4.90 Å². The van der Waals surface area contributed by atoms with Crippen LogP contribution in [0.25, 0.3) is 0 Å². The highest BCUT2D eigenvalue weighted by atomic mass is 16.6. The Morgan fingerprint density at radius 1 is 1.23 bits per heavy atom. The molecule has 1 aromatic rings. The smallest absolute Gasteiger partial charge is 0.408 e. The summed E-state index contributed by atoms with van der Waals surface area (Å²) in [7, 11) is 0. The Bertz CT molecular complexity index is 708. The molecule has 0 saturated carbocycles. The van der Waals surface area contributed by atoms with E-state index in [1.54, 1.807) is 46.8 Å². The maximum atomic E-state index is 13.2. The van der Waals surface area contributed by atoms with Gasteiger partial charge in [0.1, 0.15) is 17.7 Å². The zero-order valence-corrected chi connectivity index (χ0v) is 15.8. The van der Waals surface area contributed by atoms with E-state index >= 15 is 0 Å². The topological polar surface area (TPSA) is 95.9 Å². The molecule has 2 unspecified atom stereocenters. The number of hydrogen-bond donors (Lipinski definition) is 2. The van der Waals surface area contributed by atoms with Gasteiger partial charge in [0.25, 0.3) is 5.91 Å². The monoisotopic (exact) mass is 362 g/mol. The van der Waals surface area contributed by atoms with Crippen molar-refractivity contribution in [1.29, 1.82) is 0 Å². The van der Waals surface area contributed by atoms with E-state index in [9.17, 15) is 19.5 Å². The van der Waals surface area contributed by atoms with E-state index in [1.807, 2.05) is 12.1 Å². The van der Waals surface area contributed by atoms with E-state index in [0.717, 1.165) is 5.56 Å². The first-order valence-corrected chi connectivity index (χ1v) is 8.64. The molecule has 7 heteroatoms. The molecule has 2 N–H and O–H groups in total. The molecule has 1 heterocycles. The molecule has 26 heavy (non-hydrogen) atoms. The van der Waals surface area contributed by atoms with Crippen LogP contribution >= 0.6 is 0 Å². The number of amides is 2. The normalized spacial score (nSPS) is 17.6. The summed E-state index contributed by atoms with van der Waals surface area (Å²) in [5.74, 6) is -1.77. The second-order valence-corrected chi connectivity index (χ2v) is 7.76.